The molecule has 0 saturated carbocycles. The third-order valence-electron chi connectivity index (χ3n) is 1.66. The van der Waals surface area contributed by atoms with Crippen molar-refractivity contribution in [3.8, 4) is 10.7 Å². The van der Waals surface area contributed by atoms with Crippen molar-refractivity contribution < 1.29 is 9.90 Å². The summed E-state index contributed by atoms with van der Waals surface area (Å²) in [6.45, 7) is 4.00. The molecular formula is C11H12N2O2S. The lowest BCUT2D eigenvalue weighted by atomic mass is 10.2. The molecule has 0 aliphatic carbocycles. The van der Waals surface area contributed by atoms with E-state index in [1.165, 1.54) is 11.3 Å². The number of aromatic carboxylic acids is 1. The van der Waals surface area contributed by atoms with Crippen molar-refractivity contribution in [3.05, 3.63) is 35.5 Å². The first-order valence-electron chi connectivity index (χ1n) is 4.87. The first-order valence-corrected chi connectivity index (χ1v) is 5.75. The Kier molecular flexibility index (Phi) is 4.60. The highest BCUT2D eigenvalue weighted by Gasteiger charge is 2.14. The lowest BCUT2D eigenvalue weighted by Gasteiger charge is -1.96. The van der Waals surface area contributed by atoms with Gasteiger partial charge in [0.2, 0.25) is 0 Å². The fourth-order valence-corrected chi connectivity index (χ4v) is 1.90. The predicted molar refractivity (Wildman–Crippen MR) is 63.7 cm³/mol. The molecule has 0 spiro atoms. The minimum Gasteiger partial charge on any atom is -0.478 e. The molecule has 0 atom stereocenters. The van der Waals surface area contributed by atoms with Crippen molar-refractivity contribution in [1.29, 1.82) is 0 Å². The van der Waals surface area contributed by atoms with Crippen molar-refractivity contribution in [2.75, 3.05) is 0 Å². The van der Waals surface area contributed by atoms with E-state index in [0.29, 0.717) is 10.7 Å². The third-order valence-corrected chi connectivity index (χ3v) is 2.57. The number of hydrogen-bond acceptors (Lipinski definition) is 4. The van der Waals surface area contributed by atoms with Gasteiger partial charge in [-0.3, -0.25) is 0 Å². The largest absolute Gasteiger partial charge is 0.478 e. The fraction of sp³-hybridized carbons (Fsp3) is 0.182. The highest BCUT2D eigenvalue weighted by molar-refractivity contribution is 7.13. The predicted octanol–water partition coefficient (Wildman–Crippen LogP) is 2.93. The lowest BCUT2D eigenvalue weighted by Crippen LogP contribution is -1.97. The standard InChI is InChI=1S/C9H6N2O2S.C2H6/c12-9(13)6-2-5-14-7(6)8-10-3-1-4-11-8;1-2/h1-5H,(H,12,13);1-2H3. The van der Waals surface area contributed by atoms with Gasteiger partial charge >= 0.3 is 5.97 Å². The van der Waals surface area contributed by atoms with Crippen LogP contribution in [0, 0.1) is 0 Å². The number of hydrogen-bond donors (Lipinski definition) is 1. The van der Waals surface area contributed by atoms with E-state index in [1.807, 2.05) is 13.8 Å². The second-order valence-electron chi connectivity index (χ2n) is 2.54. The zero-order valence-corrected chi connectivity index (χ0v) is 9.86. The van der Waals surface area contributed by atoms with Crippen LogP contribution in [0.5, 0.6) is 0 Å². The van der Waals surface area contributed by atoms with Gasteiger partial charge in [-0.15, -0.1) is 11.3 Å². The van der Waals surface area contributed by atoms with Gasteiger partial charge in [-0.25, -0.2) is 14.8 Å². The Morgan fingerprint density at radius 3 is 2.50 bits per heavy atom. The Balaban J connectivity index is 0.000000606. The van der Waals surface area contributed by atoms with Gasteiger partial charge in [-0.1, -0.05) is 13.8 Å². The molecule has 0 radical (unpaired) electrons. The number of thiophene rings is 1. The van der Waals surface area contributed by atoms with Crippen LogP contribution >= 0.6 is 11.3 Å². The van der Waals surface area contributed by atoms with Gasteiger partial charge < -0.3 is 5.11 Å². The summed E-state index contributed by atoms with van der Waals surface area (Å²) >= 11 is 1.33. The van der Waals surface area contributed by atoms with Crippen LogP contribution in [0.1, 0.15) is 24.2 Å². The van der Waals surface area contributed by atoms with Crippen LogP contribution in [-0.2, 0) is 0 Å². The van der Waals surface area contributed by atoms with Crippen LogP contribution < -0.4 is 0 Å². The molecule has 16 heavy (non-hydrogen) atoms. The van der Waals surface area contributed by atoms with E-state index < -0.39 is 5.97 Å². The minimum atomic E-state index is -0.950. The van der Waals surface area contributed by atoms with Crippen molar-refractivity contribution in [3.63, 3.8) is 0 Å². The van der Waals surface area contributed by atoms with Gasteiger partial charge in [-0.05, 0) is 17.5 Å². The molecule has 2 aromatic rings. The Bertz CT molecular complexity index is 454. The molecule has 0 amide bonds. The Labute approximate surface area is 97.6 Å². The molecule has 0 bridgehead atoms. The quantitative estimate of drug-likeness (QED) is 0.870. The number of carbonyl (C=O) groups is 1. The molecule has 84 valence electrons. The van der Waals surface area contributed by atoms with Crippen LogP contribution in [0.4, 0.5) is 0 Å². The summed E-state index contributed by atoms with van der Waals surface area (Å²) in [4.78, 5) is 19.4. The average Bonchev–Trinajstić information content (AvgIpc) is 2.82. The first-order chi connectivity index (χ1) is 7.79. The van der Waals surface area contributed by atoms with E-state index in [0.717, 1.165) is 0 Å². The maximum Gasteiger partial charge on any atom is 0.337 e. The van der Waals surface area contributed by atoms with Crippen LogP contribution in [0.3, 0.4) is 0 Å². The summed E-state index contributed by atoms with van der Waals surface area (Å²) in [5.74, 6) is -0.492. The molecule has 2 aromatic heterocycles. The van der Waals surface area contributed by atoms with Crippen molar-refractivity contribution in [1.82, 2.24) is 9.97 Å². The summed E-state index contributed by atoms with van der Waals surface area (Å²) in [7, 11) is 0. The molecular weight excluding hydrogens is 224 g/mol. The molecule has 2 rings (SSSR count). The highest BCUT2D eigenvalue weighted by atomic mass is 32.1. The summed E-state index contributed by atoms with van der Waals surface area (Å²) in [5.41, 5.74) is 0.251. The Hall–Kier alpha value is -1.75. The van der Waals surface area contributed by atoms with Gasteiger partial charge in [0, 0.05) is 12.4 Å². The second kappa shape index (κ2) is 5.97. The van der Waals surface area contributed by atoms with Gasteiger partial charge in [-0.2, -0.15) is 0 Å². The van der Waals surface area contributed by atoms with E-state index >= 15 is 0 Å². The molecule has 0 aliphatic heterocycles. The Morgan fingerprint density at radius 2 is 1.94 bits per heavy atom. The maximum absolute atomic E-state index is 10.8. The van der Waals surface area contributed by atoms with E-state index in [2.05, 4.69) is 9.97 Å². The van der Waals surface area contributed by atoms with Crippen LogP contribution in [0.15, 0.2) is 29.9 Å². The average molecular weight is 236 g/mol. The first kappa shape index (κ1) is 12.3. The normalized spacial score (nSPS) is 9.12. The summed E-state index contributed by atoms with van der Waals surface area (Å²) in [5, 5.41) is 10.6. The minimum absolute atomic E-state index is 0.251. The van der Waals surface area contributed by atoms with E-state index in [1.54, 1.807) is 29.9 Å². The van der Waals surface area contributed by atoms with Crippen molar-refractivity contribution in [2.45, 2.75) is 13.8 Å². The van der Waals surface area contributed by atoms with Crippen molar-refractivity contribution >= 4 is 17.3 Å². The maximum atomic E-state index is 10.8. The molecule has 2 heterocycles. The molecule has 0 aromatic carbocycles. The zero-order chi connectivity index (χ0) is 12.0. The summed E-state index contributed by atoms with van der Waals surface area (Å²) < 4.78 is 0. The van der Waals surface area contributed by atoms with Crippen LogP contribution in [0.25, 0.3) is 10.7 Å². The number of rotatable bonds is 2. The molecule has 0 unspecified atom stereocenters. The van der Waals surface area contributed by atoms with Gasteiger partial charge in [0.15, 0.2) is 5.82 Å². The second-order valence-corrected chi connectivity index (χ2v) is 3.46. The van der Waals surface area contributed by atoms with E-state index in [4.69, 9.17) is 5.11 Å². The molecule has 0 saturated heterocycles. The molecule has 0 aliphatic rings. The molecule has 4 nitrogen and oxygen atoms in total. The van der Waals surface area contributed by atoms with Gasteiger partial charge in [0.1, 0.15) is 0 Å². The Morgan fingerprint density at radius 1 is 1.31 bits per heavy atom. The number of carboxylic acid groups (broad SMARTS) is 1. The summed E-state index contributed by atoms with van der Waals surface area (Å²) in [6.07, 6.45) is 3.18. The van der Waals surface area contributed by atoms with Gasteiger partial charge in [0.25, 0.3) is 0 Å². The lowest BCUT2D eigenvalue weighted by molar-refractivity contribution is 0.0698. The highest BCUT2D eigenvalue weighted by Crippen LogP contribution is 2.25. The molecule has 5 heteroatoms. The van der Waals surface area contributed by atoms with E-state index in [-0.39, 0.29) is 5.56 Å². The van der Waals surface area contributed by atoms with E-state index in [9.17, 15) is 4.79 Å². The van der Waals surface area contributed by atoms with Crippen molar-refractivity contribution in [2.24, 2.45) is 0 Å². The summed E-state index contributed by atoms with van der Waals surface area (Å²) in [6, 6.07) is 3.25. The monoisotopic (exact) mass is 236 g/mol. The zero-order valence-electron chi connectivity index (χ0n) is 9.04. The van der Waals surface area contributed by atoms with Crippen LogP contribution in [-0.4, -0.2) is 21.0 Å². The topological polar surface area (TPSA) is 63.1 Å². The van der Waals surface area contributed by atoms with Gasteiger partial charge in [0.05, 0.1) is 10.4 Å². The SMILES string of the molecule is CC.O=C(O)c1ccsc1-c1ncccn1. The smallest absolute Gasteiger partial charge is 0.337 e. The third kappa shape index (κ3) is 2.64. The fourth-order valence-electron chi connectivity index (χ4n) is 1.07. The van der Waals surface area contributed by atoms with Crippen LogP contribution in [0.2, 0.25) is 0 Å². The molecule has 0 fully saturated rings. The number of nitrogens with zero attached hydrogens (tertiary/aromatic N) is 2. The number of aromatic nitrogens is 2. The molecule has 1 N–H and O–H groups in total. The number of carboxylic acids is 1.